The first-order valence-electron chi connectivity index (χ1n) is 5.42. The van der Waals surface area contributed by atoms with Gasteiger partial charge in [0.15, 0.2) is 6.23 Å². The molecule has 0 aliphatic carbocycles. The lowest BCUT2D eigenvalue weighted by molar-refractivity contribution is -0.0578. The zero-order valence-corrected chi connectivity index (χ0v) is 9.89. The molecule has 2 heterocycles. The van der Waals surface area contributed by atoms with Crippen LogP contribution < -0.4 is 17.1 Å². The molecule has 1 aliphatic heterocycles. The van der Waals surface area contributed by atoms with Crippen molar-refractivity contribution in [3.8, 4) is 0 Å². The summed E-state index contributed by atoms with van der Waals surface area (Å²) in [7, 11) is 1.14. The molecule has 19 heavy (non-hydrogen) atoms. The molecule has 4 atom stereocenters. The summed E-state index contributed by atoms with van der Waals surface area (Å²) in [6.45, 7) is -0.590. The van der Waals surface area contributed by atoms with Crippen LogP contribution in [0.5, 0.6) is 0 Å². The smallest absolute Gasteiger partial charge is 0.338 e. The van der Waals surface area contributed by atoms with Crippen LogP contribution in [0.3, 0.4) is 0 Å². The van der Waals surface area contributed by atoms with Crippen LogP contribution in [-0.2, 0) is 11.8 Å². The Morgan fingerprint density at radius 1 is 1.21 bits per heavy atom. The van der Waals surface area contributed by atoms with Gasteiger partial charge in [-0.2, -0.15) is 0 Å². The van der Waals surface area contributed by atoms with E-state index in [4.69, 9.17) is 9.84 Å². The SMILES string of the molecule is Cn1c(=O)[nH]c(=O)n([C@H]2O[C@@H](CO)[C@@H](O)[C@H]2O)c1=O. The third-order valence-corrected chi connectivity index (χ3v) is 3.00. The van der Waals surface area contributed by atoms with Crippen LogP contribution in [0.1, 0.15) is 6.23 Å². The number of nitrogens with one attached hydrogen (secondary N) is 1. The molecule has 1 aromatic rings. The van der Waals surface area contributed by atoms with Gasteiger partial charge in [-0.1, -0.05) is 0 Å². The first kappa shape index (κ1) is 13.7. The number of aliphatic hydroxyl groups is 3. The Morgan fingerprint density at radius 3 is 2.37 bits per heavy atom. The molecule has 0 unspecified atom stereocenters. The lowest BCUT2D eigenvalue weighted by atomic mass is 10.1. The van der Waals surface area contributed by atoms with Gasteiger partial charge < -0.3 is 20.1 Å². The monoisotopic (exact) mass is 275 g/mol. The summed E-state index contributed by atoms with van der Waals surface area (Å²) in [4.78, 5) is 36.5. The molecule has 0 radical (unpaired) electrons. The van der Waals surface area contributed by atoms with Crippen LogP contribution in [-0.4, -0.2) is 54.4 Å². The van der Waals surface area contributed by atoms with Crippen LogP contribution >= 0.6 is 0 Å². The molecule has 4 N–H and O–H groups in total. The van der Waals surface area contributed by atoms with Crippen molar-refractivity contribution in [1.29, 1.82) is 0 Å². The van der Waals surface area contributed by atoms with Crippen LogP contribution in [0.25, 0.3) is 0 Å². The number of aromatic amines is 1. The third-order valence-electron chi connectivity index (χ3n) is 3.00. The van der Waals surface area contributed by atoms with Gasteiger partial charge >= 0.3 is 17.1 Å². The van der Waals surface area contributed by atoms with Crippen LogP contribution in [0, 0.1) is 0 Å². The number of ether oxygens (including phenoxy) is 1. The van der Waals surface area contributed by atoms with E-state index in [1.165, 1.54) is 0 Å². The van der Waals surface area contributed by atoms with E-state index in [1.54, 1.807) is 0 Å². The predicted molar refractivity (Wildman–Crippen MR) is 59.6 cm³/mol. The summed E-state index contributed by atoms with van der Waals surface area (Å²) in [6, 6.07) is 0. The first-order chi connectivity index (χ1) is 8.88. The Balaban J connectivity index is 2.56. The Hall–Kier alpha value is -1.75. The molecule has 1 aliphatic rings. The number of aromatic nitrogens is 3. The second-order valence-electron chi connectivity index (χ2n) is 4.18. The van der Waals surface area contributed by atoms with Gasteiger partial charge in [0.25, 0.3) is 0 Å². The van der Waals surface area contributed by atoms with Gasteiger partial charge in [-0.15, -0.1) is 0 Å². The van der Waals surface area contributed by atoms with Crippen molar-refractivity contribution in [2.24, 2.45) is 7.05 Å². The number of hydrogen-bond donors (Lipinski definition) is 4. The van der Waals surface area contributed by atoms with E-state index in [2.05, 4.69) is 0 Å². The molecule has 0 spiro atoms. The minimum Gasteiger partial charge on any atom is -0.394 e. The molecule has 2 rings (SSSR count). The molecular formula is C9H13N3O7. The van der Waals surface area contributed by atoms with Gasteiger partial charge in [0.05, 0.1) is 6.61 Å². The van der Waals surface area contributed by atoms with Crippen LogP contribution in [0.15, 0.2) is 14.4 Å². The summed E-state index contributed by atoms with van der Waals surface area (Å²) in [6.07, 6.45) is -5.62. The van der Waals surface area contributed by atoms with Gasteiger partial charge in [0.1, 0.15) is 18.3 Å². The molecule has 0 amide bonds. The highest BCUT2D eigenvalue weighted by Gasteiger charge is 2.44. The molecular weight excluding hydrogens is 262 g/mol. The minimum absolute atomic E-state index is 0.477. The van der Waals surface area contributed by atoms with Crippen LogP contribution in [0.4, 0.5) is 0 Å². The molecule has 1 aromatic heterocycles. The third kappa shape index (κ3) is 2.04. The van der Waals surface area contributed by atoms with Crippen molar-refractivity contribution in [1.82, 2.24) is 14.1 Å². The maximum absolute atomic E-state index is 11.8. The largest absolute Gasteiger partial charge is 0.394 e. The number of aliphatic hydroxyl groups excluding tert-OH is 3. The zero-order valence-electron chi connectivity index (χ0n) is 9.89. The van der Waals surface area contributed by atoms with Gasteiger partial charge in [-0.3, -0.25) is 4.98 Å². The van der Waals surface area contributed by atoms with Gasteiger partial charge in [0, 0.05) is 7.05 Å². The van der Waals surface area contributed by atoms with Crippen molar-refractivity contribution >= 4 is 0 Å². The van der Waals surface area contributed by atoms with E-state index in [0.717, 1.165) is 7.05 Å². The molecule has 10 nitrogen and oxygen atoms in total. The fourth-order valence-corrected chi connectivity index (χ4v) is 1.89. The van der Waals surface area contributed by atoms with Gasteiger partial charge in [-0.25, -0.2) is 23.5 Å². The Kier molecular flexibility index (Phi) is 3.41. The average molecular weight is 275 g/mol. The second kappa shape index (κ2) is 4.74. The molecule has 0 aromatic carbocycles. The lowest BCUT2D eigenvalue weighted by Gasteiger charge is -2.16. The fraction of sp³-hybridized carbons (Fsp3) is 0.667. The average Bonchev–Trinajstić information content (AvgIpc) is 2.64. The summed E-state index contributed by atoms with van der Waals surface area (Å²) < 4.78 is 6.15. The number of nitrogens with zero attached hydrogens (tertiary/aromatic N) is 2. The molecule has 10 heteroatoms. The Bertz CT molecular complexity index is 644. The highest BCUT2D eigenvalue weighted by Crippen LogP contribution is 2.26. The Morgan fingerprint density at radius 2 is 1.84 bits per heavy atom. The molecule has 1 fully saturated rings. The van der Waals surface area contributed by atoms with E-state index in [9.17, 15) is 24.6 Å². The summed E-state index contributed by atoms with van der Waals surface area (Å²) in [5.41, 5.74) is -2.97. The standard InChI is InChI=1S/C9H13N3O7/c1-11-7(16)10-8(17)12(9(11)18)6-5(15)4(14)3(2-13)19-6/h3-6,13-15H,2H2,1H3,(H,10,16,17)/t3-,4+,5+,6-/m0/s1. The first-order valence-corrected chi connectivity index (χ1v) is 5.42. The van der Waals surface area contributed by atoms with Crippen molar-refractivity contribution < 1.29 is 20.1 Å². The predicted octanol–water partition coefficient (Wildman–Crippen LogP) is -4.15. The Labute approximate surface area is 105 Å². The molecule has 106 valence electrons. The van der Waals surface area contributed by atoms with Crippen molar-refractivity contribution in [3.63, 3.8) is 0 Å². The minimum atomic E-state index is -1.58. The van der Waals surface area contributed by atoms with Crippen molar-refractivity contribution in [2.75, 3.05) is 6.61 Å². The number of H-pyrrole nitrogens is 1. The van der Waals surface area contributed by atoms with E-state index in [1.807, 2.05) is 4.98 Å². The maximum Gasteiger partial charge on any atom is 0.338 e. The maximum atomic E-state index is 11.8. The normalized spacial score (nSPS) is 30.7. The van der Waals surface area contributed by atoms with E-state index in [-0.39, 0.29) is 0 Å². The highest BCUT2D eigenvalue weighted by atomic mass is 16.6. The van der Waals surface area contributed by atoms with Gasteiger partial charge in [0.2, 0.25) is 0 Å². The van der Waals surface area contributed by atoms with E-state index in [0.29, 0.717) is 9.13 Å². The van der Waals surface area contributed by atoms with Gasteiger partial charge in [-0.05, 0) is 0 Å². The lowest BCUT2D eigenvalue weighted by Crippen LogP contribution is -2.51. The zero-order chi connectivity index (χ0) is 14.3. The van der Waals surface area contributed by atoms with E-state index >= 15 is 0 Å². The van der Waals surface area contributed by atoms with Crippen molar-refractivity contribution in [3.05, 3.63) is 31.5 Å². The molecule has 0 saturated carbocycles. The van der Waals surface area contributed by atoms with E-state index < -0.39 is 48.2 Å². The van der Waals surface area contributed by atoms with Crippen molar-refractivity contribution in [2.45, 2.75) is 24.5 Å². The number of hydrogen-bond acceptors (Lipinski definition) is 7. The highest BCUT2D eigenvalue weighted by molar-refractivity contribution is 4.90. The molecule has 1 saturated heterocycles. The summed E-state index contributed by atoms with van der Waals surface area (Å²) >= 11 is 0. The summed E-state index contributed by atoms with van der Waals surface area (Å²) in [5, 5.41) is 28.2. The fourth-order valence-electron chi connectivity index (χ4n) is 1.89. The quantitative estimate of drug-likeness (QED) is 0.428. The topological polar surface area (TPSA) is 147 Å². The van der Waals surface area contributed by atoms with Crippen LogP contribution in [0.2, 0.25) is 0 Å². The summed E-state index contributed by atoms with van der Waals surface area (Å²) in [5.74, 6) is 0. The molecule has 0 bridgehead atoms. The number of rotatable bonds is 2. The second-order valence-corrected chi connectivity index (χ2v) is 4.18.